The van der Waals surface area contributed by atoms with E-state index in [1.54, 1.807) is 0 Å². The minimum absolute atomic E-state index is 0. The maximum atomic E-state index is 3.14. The molecule has 0 fully saturated rings. The molecule has 0 amide bonds. The van der Waals surface area contributed by atoms with Gasteiger partial charge in [-0.3, -0.25) is 0 Å². The minimum Gasteiger partial charge on any atom is -0.401 e. The Kier molecular flexibility index (Phi) is 9.99. The van der Waals surface area contributed by atoms with Gasteiger partial charge in [0.2, 0.25) is 0 Å². The summed E-state index contributed by atoms with van der Waals surface area (Å²) in [6.45, 7) is 2.06. The summed E-state index contributed by atoms with van der Waals surface area (Å²) in [4.78, 5) is 0. The van der Waals surface area contributed by atoms with Crippen molar-refractivity contribution >= 4 is 5.57 Å². The Morgan fingerprint density at radius 1 is 1.46 bits per heavy atom. The van der Waals surface area contributed by atoms with Crippen LogP contribution in [0.2, 0.25) is 0 Å². The second-order valence-electron chi connectivity index (χ2n) is 2.39. The summed E-state index contributed by atoms with van der Waals surface area (Å²) in [7, 11) is 1.90. The molecule has 0 bridgehead atoms. The molecule has 0 unspecified atom stereocenters. The molecule has 1 aromatic carbocycles. The Morgan fingerprint density at radius 2 is 2.15 bits per heavy atom. The zero-order chi connectivity index (χ0) is 8.10. The van der Waals surface area contributed by atoms with E-state index in [9.17, 15) is 0 Å². The van der Waals surface area contributed by atoms with Crippen molar-refractivity contribution in [3.63, 3.8) is 0 Å². The molecule has 0 saturated heterocycles. The van der Waals surface area contributed by atoms with Gasteiger partial charge in [-0.2, -0.15) is 0 Å². The Labute approximate surface area is 107 Å². The van der Waals surface area contributed by atoms with Crippen molar-refractivity contribution in [2.45, 2.75) is 6.92 Å². The Morgan fingerprint density at radius 3 is 2.62 bits per heavy atom. The maximum absolute atomic E-state index is 3.14. The van der Waals surface area contributed by atoms with Crippen molar-refractivity contribution < 1.29 is 32.7 Å². The van der Waals surface area contributed by atoms with Gasteiger partial charge in [0, 0.05) is 39.8 Å². The van der Waals surface area contributed by atoms with E-state index in [1.165, 1.54) is 5.57 Å². The van der Waals surface area contributed by atoms with Gasteiger partial charge in [0.15, 0.2) is 0 Å². The zero-order valence-corrected chi connectivity index (χ0v) is 11.3. The first-order valence-corrected chi connectivity index (χ1v) is 3.65. The van der Waals surface area contributed by atoms with Crippen molar-refractivity contribution in [1.82, 2.24) is 5.32 Å². The van der Waals surface area contributed by atoms with E-state index in [0.29, 0.717) is 0 Å². The molecule has 1 rings (SSSR count). The van der Waals surface area contributed by atoms with E-state index < -0.39 is 0 Å². The molecule has 0 aromatic heterocycles. The molecule has 13 heavy (non-hydrogen) atoms. The van der Waals surface area contributed by atoms with Gasteiger partial charge in [0.1, 0.15) is 0 Å². The fourth-order valence-corrected chi connectivity index (χ4v) is 0.933. The monoisotopic (exact) mass is 250 g/mol. The van der Waals surface area contributed by atoms with Crippen LogP contribution in [0.25, 0.3) is 5.57 Å². The van der Waals surface area contributed by atoms with Crippen LogP contribution in [-0.2, 0) is 32.7 Å². The van der Waals surface area contributed by atoms with Crippen LogP contribution in [0.15, 0.2) is 30.5 Å². The van der Waals surface area contributed by atoms with Gasteiger partial charge >= 0.3 is 0 Å². The standard InChI is InChI=1S/C10H12N.CH3.Y/c1-9(8-11-2)10-6-4-3-5-7-10;;/h3-6,8,11H,1-2H3;1H3;/q2*-1;/b9-8+;;. The first kappa shape index (κ1) is 15.3. The Bertz CT molecular complexity index is 242. The molecule has 1 N–H and O–H groups in total. The third-order valence-electron chi connectivity index (χ3n) is 1.49. The topological polar surface area (TPSA) is 12.0 Å². The van der Waals surface area contributed by atoms with Gasteiger partial charge in [-0.15, -0.1) is 41.5 Å². The Balaban J connectivity index is 0. The van der Waals surface area contributed by atoms with Crippen LogP contribution < -0.4 is 5.32 Å². The summed E-state index contributed by atoms with van der Waals surface area (Å²) in [6, 6.07) is 11.1. The molecule has 0 heterocycles. The molecule has 0 atom stereocenters. The first-order valence-electron chi connectivity index (χ1n) is 3.65. The van der Waals surface area contributed by atoms with Crippen molar-refractivity contribution in [1.29, 1.82) is 0 Å². The molecule has 1 nitrogen and oxygen atoms in total. The largest absolute Gasteiger partial charge is 0.401 e. The van der Waals surface area contributed by atoms with Gasteiger partial charge in [-0.1, -0.05) is 6.92 Å². The summed E-state index contributed by atoms with van der Waals surface area (Å²) in [5.41, 5.74) is 2.34. The fraction of sp³-hybridized carbons (Fsp3) is 0.182. The van der Waals surface area contributed by atoms with Crippen LogP contribution in [0.1, 0.15) is 12.5 Å². The van der Waals surface area contributed by atoms with Crippen LogP contribution in [0.5, 0.6) is 0 Å². The van der Waals surface area contributed by atoms with Crippen LogP contribution in [0.4, 0.5) is 0 Å². The summed E-state index contributed by atoms with van der Waals surface area (Å²) < 4.78 is 0. The molecule has 0 aliphatic rings. The van der Waals surface area contributed by atoms with Gasteiger partial charge in [-0.25, -0.2) is 0 Å². The molecule has 1 aromatic rings. The number of nitrogens with one attached hydrogen (secondary N) is 1. The van der Waals surface area contributed by atoms with Gasteiger partial charge in [0.05, 0.1) is 0 Å². The fourth-order valence-electron chi connectivity index (χ4n) is 0.933. The van der Waals surface area contributed by atoms with E-state index in [-0.39, 0.29) is 40.1 Å². The number of rotatable bonds is 2. The molecule has 2 heteroatoms. The molecule has 1 radical (unpaired) electrons. The van der Waals surface area contributed by atoms with Gasteiger partial charge in [0.25, 0.3) is 0 Å². The van der Waals surface area contributed by atoms with E-state index in [2.05, 4.69) is 18.3 Å². The SMILES string of the molecule is CN/C=C(\C)c1[c-]cccc1.[CH3-].[Y]. The number of benzene rings is 1. The predicted octanol–water partition coefficient (Wildman–Crippen LogP) is 2.51. The molecule has 0 aliphatic heterocycles. The van der Waals surface area contributed by atoms with Gasteiger partial charge < -0.3 is 12.7 Å². The molecule has 0 saturated carbocycles. The number of hydrogen-bond acceptors (Lipinski definition) is 1. The summed E-state index contributed by atoms with van der Waals surface area (Å²) in [5.74, 6) is 0. The number of allylic oxidation sites excluding steroid dienone is 1. The second kappa shape index (κ2) is 8.46. The summed E-state index contributed by atoms with van der Waals surface area (Å²) in [6.07, 6.45) is 1.96. The van der Waals surface area contributed by atoms with E-state index >= 15 is 0 Å². The number of hydrogen-bond donors (Lipinski definition) is 1. The van der Waals surface area contributed by atoms with Crippen LogP contribution in [-0.4, -0.2) is 7.05 Å². The molecular formula is C11H15NY-2. The third kappa shape index (κ3) is 5.22. The molecule has 69 valence electrons. The van der Waals surface area contributed by atoms with E-state index in [1.807, 2.05) is 37.5 Å². The molecule has 0 aliphatic carbocycles. The third-order valence-corrected chi connectivity index (χ3v) is 1.49. The minimum atomic E-state index is 0. The molecule has 0 spiro atoms. The average Bonchev–Trinajstić information content (AvgIpc) is 2.07. The van der Waals surface area contributed by atoms with Crippen molar-refractivity contribution in [2.75, 3.05) is 7.05 Å². The quantitative estimate of drug-likeness (QED) is 0.795. The summed E-state index contributed by atoms with van der Waals surface area (Å²) >= 11 is 0. The zero-order valence-electron chi connectivity index (χ0n) is 8.46. The van der Waals surface area contributed by atoms with Crippen LogP contribution in [0.3, 0.4) is 0 Å². The van der Waals surface area contributed by atoms with Crippen molar-refractivity contribution in [3.05, 3.63) is 49.5 Å². The Hall–Kier alpha value is -0.136. The van der Waals surface area contributed by atoms with Crippen LogP contribution >= 0.6 is 0 Å². The van der Waals surface area contributed by atoms with E-state index in [4.69, 9.17) is 0 Å². The van der Waals surface area contributed by atoms with E-state index in [0.717, 1.165) is 5.56 Å². The first-order chi connectivity index (χ1) is 5.34. The summed E-state index contributed by atoms with van der Waals surface area (Å²) in [5, 5.41) is 2.98. The molecular weight excluding hydrogens is 235 g/mol. The van der Waals surface area contributed by atoms with Gasteiger partial charge in [-0.05, 0) is 6.20 Å². The maximum Gasteiger partial charge on any atom is 0.00203 e. The van der Waals surface area contributed by atoms with Crippen molar-refractivity contribution in [3.8, 4) is 0 Å². The predicted molar refractivity (Wildman–Crippen MR) is 54.4 cm³/mol. The van der Waals surface area contributed by atoms with Crippen molar-refractivity contribution in [2.24, 2.45) is 0 Å². The smallest absolute Gasteiger partial charge is 0.00203 e. The second-order valence-corrected chi connectivity index (χ2v) is 2.39. The normalized spacial score (nSPS) is 9.54. The average molecular weight is 250 g/mol. The van der Waals surface area contributed by atoms with Crippen LogP contribution in [0, 0.1) is 13.5 Å².